The maximum atomic E-state index is 12.3. The highest BCUT2D eigenvalue weighted by atomic mass is 35.5. The summed E-state index contributed by atoms with van der Waals surface area (Å²) in [5.74, 6) is 0.828. The lowest BCUT2D eigenvalue weighted by atomic mass is 10.1. The second-order valence-corrected chi connectivity index (χ2v) is 5.69. The van der Waals surface area contributed by atoms with Gasteiger partial charge in [-0.3, -0.25) is 4.79 Å². The average molecular weight is 327 g/mol. The van der Waals surface area contributed by atoms with Gasteiger partial charge in [0.05, 0.1) is 19.3 Å². The Labute approximate surface area is 133 Å². The molecule has 0 atom stereocenters. The van der Waals surface area contributed by atoms with Gasteiger partial charge in [-0.05, 0) is 23.6 Å². The molecule has 112 valence electrons. The molecule has 2 rings (SSSR count). The molecule has 21 heavy (non-hydrogen) atoms. The monoisotopic (exact) mass is 326 g/mol. The Morgan fingerprint density at radius 2 is 1.81 bits per heavy atom. The van der Waals surface area contributed by atoms with E-state index in [1.807, 2.05) is 38.1 Å². The first-order valence-electron chi connectivity index (χ1n) is 6.52. The first-order chi connectivity index (χ1) is 9.93. The van der Waals surface area contributed by atoms with E-state index in [1.54, 1.807) is 11.7 Å². The van der Waals surface area contributed by atoms with Crippen LogP contribution in [0.25, 0.3) is 0 Å². The van der Waals surface area contributed by atoms with E-state index in [1.165, 1.54) is 0 Å². The van der Waals surface area contributed by atoms with Crippen molar-refractivity contribution in [2.24, 2.45) is 0 Å². The highest BCUT2D eigenvalue weighted by Crippen LogP contribution is 2.23. The van der Waals surface area contributed by atoms with E-state index in [0.717, 1.165) is 11.3 Å². The minimum atomic E-state index is -0.333. The van der Waals surface area contributed by atoms with Crippen LogP contribution in [0.3, 0.4) is 0 Å². The number of methoxy groups -OCH3 is 1. The molecule has 0 unspecified atom stereocenters. The third-order valence-corrected chi connectivity index (χ3v) is 3.69. The SMILES string of the molecule is COc1ccc(Cn2c(C(C)C)c(Cl)nc(Cl)c2=O)cc1. The topological polar surface area (TPSA) is 44.1 Å². The fourth-order valence-corrected chi connectivity index (χ4v) is 2.78. The van der Waals surface area contributed by atoms with Gasteiger partial charge in [0.25, 0.3) is 5.56 Å². The van der Waals surface area contributed by atoms with Gasteiger partial charge in [-0.2, -0.15) is 0 Å². The number of aromatic nitrogens is 2. The lowest BCUT2D eigenvalue weighted by Gasteiger charge is -2.17. The van der Waals surface area contributed by atoms with Gasteiger partial charge in [0.1, 0.15) is 5.75 Å². The molecule has 0 bridgehead atoms. The smallest absolute Gasteiger partial charge is 0.288 e. The van der Waals surface area contributed by atoms with Crippen LogP contribution in [0.4, 0.5) is 0 Å². The molecule has 6 heteroatoms. The highest BCUT2D eigenvalue weighted by Gasteiger charge is 2.17. The maximum absolute atomic E-state index is 12.3. The van der Waals surface area contributed by atoms with Crippen molar-refractivity contribution in [3.8, 4) is 5.75 Å². The normalized spacial score (nSPS) is 11.0. The van der Waals surface area contributed by atoms with Crippen LogP contribution in [0, 0.1) is 0 Å². The summed E-state index contributed by atoms with van der Waals surface area (Å²) < 4.78 is 6.70. The Morgan fingerprint density at radius 1 is 1.19 bits per heavy atom. The van der Waals surface area contributed by atoms with Crippen LogP contribution in [0.2, 0.25) is 10.3 Å². The van der Waals surface area contributed by atoms with E-state index >= 15 is 0 Å². The molecule has 0 aliphatic carbocycles. The summed E-state index contributed by atoms with van der Waals surface area (Å²) in [6.45, 7) is 4.31. The number of rotatable bonds is 4. The molecule has 0 aliphatic rings. The van der Waals surface area contributed by atoms with Gasteiger partial charge in [0, 0.05) is 0 Å². The van der Waals surface area contributed by atoms with Gasteiger partial charge in [-0.15, -0.1) is 0 Å². The lowest BCUT2D eigenvalue weighted by Crippen LogP contribution is -2.27. The zero-order valence-corrected chi connectivity index (χ0v) is 13.6. The minimum Gasteiger partial charge on any atom is -0.497 e. The van der Waals surface area contributed by atoms with Crippen molar-refractivity contribution >= 4 is 23.2 Å². The second kappa shape index (κ2) is 6.50. The molecule has 0 spiro atoms. The highest BCUT2D eigenvalue weighted by molar-refractivity contribution is 6.32. The summed E-state index contributed by atoms with van der Waals surface area (Å²) >= 11 is 12.0. The third kappa shape index (κ3) is 3.39. The average Bonchev–Trinajstić information content (AvgIpc) is 2.44. The first-order valence-corrected chi connectivity index (χ1v) is 7.28. The van der Waals surface area contributed by atoms with E-state index in [0.29, 0.717) is 12.2 Å². The molecule has 1 aromatic carbocycles. The number of halogens is 2. The number of ether oxygens (including phenoxy) is 1. The lowest BCUT2D eigenvalue weighted by molar-refractivity contribution is 0.414. The number of benzene rings is 1. The van der Waals surface area contributed by atoms with Gasteiger partial charge >= 0.3 is 0 Å². The number of hydrogen-bond donors (Lipinski definition) is 0. The molecular formula is C15H16Cl2N2O2. The summed E-state index contributed by atoms with van der Waals surface area (Å²) in [6.07, 6.45) is 0. The van der Waals surface area contributed by atoms with Crippen molar-refractivity contribution in [2.75, 3.05) is 7.11 Å². The fraction of sp³-hybridized carbons (Fsp3) is 0.333. The quantitative estimate of drug-likeness (QED) is 0.859. The Kier molecular flexibility index (Phi) is 4.91. The van der Waals surface area contributed by atoms with Crippen molar-refractivity contribution in [2.45, 2.75) is 26.3 Å². The Bertz CT molecular complexity index is 694. The van der Waals surface area contributed by atoms with Crippen molar-refractivity contribution < 1.29 is 4.74 Å². The summed E-state index contributed by atoms with van der Waals surface area (Å²) in [5.41, 5.74) is 1.31. The van der Waals surface area contributed by atoms with Gasteiger partial charge in [-0.1, -0.05) is 49.2 Å². The van der Waals surface area contributed by atoms with E-state index in [4.69, 9.17) is 27.9 Å². The molecule has 0 radical (unpaired) electrons. The summed E-state index contributed by atoms with van der Waals surface area (Å²) in [5, 5.41) is 0.154. The Hall–Kier alpha value is -1.52. The minimum absolute atomic E-state index is 0.0632. The van der Waals surface area contributed by atoms with Crippen LogP contribution in [0.1, 0.15) is 31.0 Å². The van der Waals surface area contributed by atoms with Crippen LogP contribution in [0.15, 0.2) is 29.1 Å². The predicted molar refractivity (Wildman–Crippen MR) is 84.7 cm³/mol. The number of nitrogens with zero attached hydrogens (tertiary/aromatic N) is 2. The van der Waals surface area contributed by atoms with Crippen LogP contribution < -0.4 is 10.3 Å². The van der Waals surface area contributed by atoms with Crippen molar-refractivity contribution in [3.63, 3.8) is 0 Å². The van der Waals surface area contributed by atoms with Gasteiger partial charge in [-0.25, -0.2) is 4.98 Å². The molecule has 1 aromatic heterocycles. The largest absolute Gasteiger partial charge is 0.497 e. The Balaban J connectivity index is 2.49. The third-order valence-electron chi connectivity index (χ3n) is 3.17. The molecule has 1 heterocycles. The van der Waals surface area contributed by atoms with Crippen LogP contribution in [-0.2, 0) is 6.54 Å². The molecule has 0 amide bonds. The fourth-order valence-electron chi connectivity index (χ4n) is 2.14. The zero-order chi connectivity index (χ0) is 15.6. The molecule has 0 aliphatic heterocycles. The maximum Gasteiger partial charge on any atom is 0.288 e. The van der Waals surface area contributed by atoms with Crippen molar-refractivity contribution in [3.05, 3.63) is 56.2 Å². The number of hydrogen-bond acceptors (Lipinski definition) is 3. The molecule has 2 aromatic rings. The van der Waals surface area contributed by atoms with Crippen molar-refractivity contribution in [1.82, 2.24) is 9.55 Å². The van der Waals surface area contributed by atoms with Gasteiger partial charge in [0.2, 0.25) is 0 Å². The van der Waals surface area contributed by atoms with Crippen molar-refractivity contribution in [1.29, 1.82) is 0 Å². The van der Waals surface area contributed by atoms with E-state index in [2.05, 4.69) is 4.98 Å². The molecule has 0 fully saturated rings. The summed E-state index contributed by atoms with van der Waals surface area (Å²) in [7, 11) is 1.61. The molecule has 0 N–H and O–H groups in total. The van der Waals surface area contributed by atoms with Gasteiger partial charge in [0.15, 0.2) is 10.3 Å². The summed E-state index contributed by atoms with van der Waals surface area (Å²) in [4.78, 5) is 16.2. The predicted octanol–water partition coefficient (Wildman–Crippen LogP) is 3.73. The van der Waals surface area contributed by atoms with Crippen LogP contribution >= 0.6 is 23.2 Å². The van der Waals surface area contributed by atoms with Gasteiger partial charge < -0.3 is 9.30 Å². The summed E-state index contributed by atoms with van der Waals surface area (Å²) in [6, 6.07) is 7.49. The molecule has 0 saturated carbocycles. The van der Waals surface area contributed by atoms with E-state index in [-0.39, 0.29) is 21.8 Å². The molecular weight excluding hydrogens is 311 g/mol. The van der Waals surface area contributed by atoms with E-state index < -0.39 is 0 Å². The molecule has 0 saturated heterocycles. The standard InChI is InChI=1S/C15H16Cl2N2O2/c1-9(2)12-13(16)18-14(17)15(20)19(12)8-10-4-6-11(21-3)7-5-10/h4-7,9H,8H2,1-3H3. The van der Waals surface area contributed by atoms with E-state index in [9.17, 15) is 4.79 Å². The second-order valence-electron chi connectivity index (χ2n) is 4.97. The van der Waals surface area contributed by atoms with Crippen LogP contribution in [0.5, 0.6) is 5.75 Å². The molecule has 4 nitrogen and oxygen atoms in total. The van der Waals surface area contributed by atoms with Crippen LogP contribution in [-0.4, -0.2) is 16.7 Å². The zero-order valence-electron chi connectivity index (χ0n) is 12.1. The Morgan fingerprint density at radius 3 is 2.33 bits per heavy atom. The first kappa shape index (κ1) is 15.9.